The highest BCUT2D eigenvalue weighted by Gasteiger charge is 2.20. The molecule has 1 aliphatic heterocycles. The summed E-state index contributed by atoms with van der Waals surface area (Å²) in [5, 5.41) is 28.0. The Kier molecular flexibility index (Phi) is 5.95. The number of aromatic nitrogens is 6. The van der Waals surface area contributed by atoms with Crippen LogP contribution in [0.2, 0.25) is 0 Å². The van der Waals surface area contributed by atoms with Crippen molar-refractivity contribution in [2.75, 3.05) is 24.6 Å². The fraction of sp³-hybridized carbons (Fsp3) is 0.250. The number of ether oxygens (including phenoxy) is 1. The molecule has 36 heavy (non-hydrogen) atoms. The number of hydrogen-bond donors (Lipinski definition) is 1. The van der Waals surface area contributed by atoms with Gasteiger partial charge in [-0.3, -0.25) is 9.78 Å². The van der Waals surface area contributed by atoms with Gasteiger partial charge in [0.2, 0.25) is 11.7 Å². The second-order valence-corrected chi connectivity index (χ2v) is 9.40. The quantitative estimate of drug-likeness (QED) is 0.369. The van der Waals surface area contributed by atoms with Gasteiger partial charge in [-0.05, 0) is 18.2 Å². The lowest BCUT2D eigenvalue weighted by molar-refractivity contribution is 0.0771. The Morgan fingerprint density at radius 3 is 2.69 bits per heavy atom. The van der Waals surface area contributed by atoms with Crippen molar-refractivity contribution in [3.05, 3.63) is 65.7 Å². The first-order valence-corrected chi connectivity index (χ1v) is 12.5. The number of carbonyl (C=O) groups is 1. The van der Waals surface area contributed by atoms with Gasteiger partial charge in [-0.1, -0.05) is 23.4 Å². The Labute approximate surface area is 209 Å². The lowest BCUT2D eigenvalue weighted by Gasteiger charge is -2.26. The maximum absolute atomic E-state index is 12.7. The topological polar surface area (TPSA) is 132 Å². The van der Waals surface area contributed by atoms with Crippen molar-refractivity contribution < 1.29 is 19.2 Å². The minimum atomic E-state index is -0.275. The summed E-state index contributed by atoms with van der Waals surface area (Å²) in [6.45, 7) is 1.41. The molecular weight excluding hydrogens is 482 g/mol. The second kappa shape index (κ2) is 9.55. The van der Waals surface area contributed by atoms with Gasteiger partial charge in [-0.15, -0.1) is 15.3 Å². The number of rotatable bonds is 6. The van der Waals surface area contributed by atoms with E-state index in [0.29, 0.717) is 40.1 Å². The molecule has 4 aromatic heterocycles. The molecule has 12 heteroatoms. The maximum atomic E-state index is 12.7. The number of carbonyl (C=O) groups excluding carboxylic acids is 1. The number of pyridine rings is 1. The first-order valence-electron chi connectivity index (χ1n) is 11.4. The summed E-state index contributed by atoms with van der Waals surface area (Å²) >= 11 is 1.86. The summed E-state index contributed by atoms with van der Waals surface area (Å²) in [4.78, 5) is 19.0. The molecule has 5 aromatic rings. The molecule has 1 aromatic carbocycles. The van der Waals surface area contributed by atoms with Crippen molar-refractivity contribution in [3.8, 4) is 17.4 Å². The number of thioether (sulfide) groups is 1. The van der Waals surface area contributed by atoms with Crippen molar-refractivity contribution in [1.29, 1.82) is 0 Å². The molecule has 1 amide bonds. The third-order valence-corrected chi connectivity index (χ3v) is 6.84. The summed E-state index contributed by atoms with van der Waals surface area (Å²) in [5.41, 5.74) is 2.17. The molecule has 0 atom stereocenters. The van der Waals surface area contributed by atoms with Gasteiger partial charge in [0.1, 0.15) is 13.2 Å². The fourth-order valence-electron chi connectivity index (χ4n) is 4.04. The smallest absolute Gasteiger partial charge is 0.255 e. The molecule has 1 aliphatic rings. The molecule has 6 rings (SSSR count). The normalized spacial score (nSPS) is 14.0. The number of fused-ring (bicyclic) bond motifs is 3. The van der Waals surface area contributed by atoms with Crippen molar-refractivity contribution in [2.45, 2.75) is 13.2 Å². The highest BCUT2D eigenvalue weighted by Crippen LogP contribution is 2.29. The van der Waals surface area contributed by atoms with E-state index in [1.54, 1.807) is 28.9 Å². The number of nitrogens with zero attached hydrogens (tertiary/aromatic N) is 7. The summed E-state index contributed by atoms with van der Waals surface area (Å²) < 4.78 is 12.7. The van der Waals surface area contributed by atoms with E-state index in [4.69, 9.17) is 9.26 Å². The second-order valence-electron chi connectivity index (χ2n) is 8.18. The Balaban J connectivity index is 1.28. The molecule has 0 bridgehead atoms. The summed E-state index contributed by atoms with van der Waals surface area (Å²) in [7, 11) is 0. The zero-order valence-corrected chi connectivity index (χ0v) is 19.9. The molecule has 0 unspecified atom stereocenters. The summed E-state index contributed by atoms with van der Waals surface area (Å²) in [6.07, 6.45) is 1.60. The van der Waals surface area contributed by atoms with E-state index in [9.17, 15) is 9.90 Å². The maximum Gasteiger partial charge on any atom is 0.255 e. The van der Waals surface area contributed by atoms with Gasteiger partial charge in [0, 0.05) is 47.6 Å². The average Bonchev–Trinajstić information content (AvgIpc) is 3.59. The molecule has 0 aliphatic carbocycles. The summed E-state index contributed by atoms with van der Waals surface area (Å²) in [6, 6.07) is 12.8. The van der Waals surface area contributed by atoms with Gasteiger partial charge in [-0.25, -0.2) is 0 Å². The third kappa shape index (κ3) is 4.14. The Hall–Kier alpha value is -4.03. The van der Waals surface area contributed by atoms with E-state index in [0.717, 1.165) is 35.4 Å². The van der Waals surface area contributed by atoms with Gasteiger partial charge in [0.25, 0.3) is 5.91 Å². The van der Waals surface area contributed by atoms with Crippen molar-refractivity contribution >= 4 is 34.1 Å². The van der Waals surface area contributed by atoms with E-state index in [1.807, 2.05) is 40.9 Å². The zero-order valence-electron chi connectivity index (χ0n) is 19.1. The van der Waals surface area contributed by atoms with E-state index in [1.165, 1.54) is 0 Å². The van der Waals surface area contributed by atoms with Gasteiger partial charge in [0.15, 0.2) is 17.1 Å². The van der Waals surface area contributed by atoms with Gasteiger partial charge in [0.05, 0.1) is 11.3 Å². The molecule has 0 saturated carbocycles. The molecule has 182 valence electrons. The molecule has 0 spiro atoms. The number of amides is 1. The first kappa shape index (κ1) is 22.4. The Bertz CT molecular complexity index is 1540. The van der Waals surface area contributed by atoms with Crippen molar-refractivity contribution in [3.63, 3.8) is 0 Å². The van der Waals surface area contributed by atoms with Gasteiger partial charge < -0.3 is 19.3 Å². The van der Waals surface area contributed by atoms with Crippen molar-refractivity contribution in [1.82, 2.24) is 34.9 Å². The Morgan fingerprint density at radius 1 is 1.11 bits per heavy atom. The predicted octanol–water partition coefficient (Wildman–Crippen LogP) is 2.59. The van der Waals surface area contributed by atoms with Crippen LogP contribution in [-0.4, -0.2) is 70.5 Å². The molecule has 11 nitrogen and oxygen atoms in total. The molecular formula is C24H21N7O4S. The van der Waals surface area contributed by atoms with E-state index >= 15 is 0 Å². The van der Waals surface area contributed by atoms with E-state index < -0.39 is 0 Å². The summed E-state index contributed by atoms with van der Waals surface area (Å²) in [5.74, 6) is 2.98. The lowest BCUT2D eigenvalue weighted by Crippen LogP contribution is -2.37. The van der Waals surface area contributed by atoms with Crippen LogP contribution >= 0.6 is 11.8 Å². The van der Waals surface area contributed by atoms with Crippen LogP contribution in [0.1, 0.15) is 21.8 Å². The van der Waals surface area contributed by atoms with Gasteiger partial charge in [-0.2, -0.15) is 16.3 Å². The van der Waals surface area contributed by atoms with Crippen LogP contribution in [0.3, 0.4) is 0 Å². The number of aliphatic hydroxyl groups is 1. The number of aliphatic hydroxyl groups excluding tert-OH is 1. The van der Waals surface area contributed by atoms with Crippen molar-refractivity contribution in [2.24, 2.45) is 0 Å². The standard InChI is InChI=1S/C24H21N7O4S/c32-13-17-11-20(29-35-17)22-27-26-21-18-3-1-2-4-19(18)23(28-31(21)22)34-14-16-6-5-15(12-25-16)24(33)30-7-9-36-10-8-30/h1-6,11-12,32H,7-10,13-14H2. The number of benzene rings is 1. The highest BCUT2D eigenvalue weighted by atomic mass is 32.2. The molecule has 5 heterocycles. The predicted molar refractivity (Wildman–Crippen MR) is 132 cm³/mol. The van der Waals surface area contributed by atoms with Crippen LogP contribution in [0.15, 0.2) is 53.2 Å². The largest absolute Gasteiger partial charge is 0.470 e. The van der Waals surface area contributed by atoms with Crippen LogP contribution in [0, 0.1) is 0 Å². The minimum absolute atomic E-state index is 0.00531. The third-order valence-electron chi connectivity index (χ3n) is 5.90. The lowest BCUT2D eigenvalue weighted by atomic mass is 10.2. The molecule has 1 saturated heterocycles. The van der Waals surface area contributed by atoms with E-state index in [2.05, 4.69) is 25.4 Å². The molecule has 0 radical (unpaired) electrons. The SMILES string of the molecule is O=C(c1ccc(COc2nn3c(-c4cc(CO)on4)nnc3c3ccccc23)nc1)N1CCSCC1. The van der Waals surface area contributed by atoms with Crippen LogP contribution in [0.25, 0.3) is 27.9 Å². The highest BCUT2D eigenvalue weighted by molar-refractivity contribution is 7.99. The first-order chi connectivity index (χ1) is 17.7. The zero-order chi connectivity index (χ0) is 24.5. The van der Waals surface area contributed by atoms with Gasteiger partial charge >= 0.3 is 0 Å². The average molecular weight is 504 g/mol. The van der Waals surface area contributed by atoms with Crippen LogP contribution in [-0.2, 0) is 13.2 Å². The molecule has 1 N–H and O–H groups in total. The van der Waals surface area contributed by atoms with Crippen LogP contribution in [0.4, 0.5) is 0 Å². The monoisotopic (exact) mass is 503 g/mol. The molecule has 1 fully saturated rings. The van der Waals surface area contributed by atoms with E-state index in [-0.39, 0.29) is 19.1 Å². The fourth-order valence-corrected chi connectivity index (χ4v) is 4.94. The Morgan fingerprint density at radius 2 is 1.94 bits per heavy atom. The minimum Gasteiger partial charge on any atom is -0.470 e. The van der Waals surface area contributed by atoms with Crippen LogP contribution in [0.5, 0.6) is 5.88 Å². The number of hydrogen-bond acceptors (Lipinski definition) is 10. The van der Waals surface area contributed by atoms with Crippen LogP contribution < -0.4 is 4.74 Å².